The molecule has 0 fully saturated rings. The van der Waals surface area contributed by atoms with Gasteiger partial charge < -0.3 is 15.2 Å². The van der Waals surface area contributed by atoms with E-state index in [0.717, 1.165) is 6.42 Å². The number of aliphatic hydroxyl groups excluding tert-OH is 1. The standard InChI is InChI=1S/C7H15NO3/c1-3-6(4-9)5-11-7(10)8-2/h6,9H,3-5H2,1-2H3,(H,8,10). The predicted molar refractivity (Wildman–Crippen MR) is 41.3 cm³/mol. The van der Waals surface area contributed by atoms with Gasteiger partial charge in [0.1, 0.15) is 0 Å². The summed E-state index contributed by atoms with van der Waals surface area (Å²) in [7, 11) is 1.50. The normalized spacial score (nSPS) is 12.3. The van der Waals surface area contributed by atoms with E-state index in [-0.39, 0.29) is 19.1 Å². The molecule has 0 saturated heterocycles. The molecule has 0 aliphatic rings. The average molecular weight is 161 g/mol. The second-order valence-electron chi connectivity index (χ2n) is 2.31. The van der Waals surface area contributed by atoms with Crippen LogP contribution in [0.1, 0.15) is 13.3 Å². The van der Waals surface area contributed by atoms with Crippen molar-refractivity contribution in [1.82, 2.24) is 5.32 Å². The molecule has 0 spiro atoms. The van der Waals surface area contributed by atoms with Gasteiger partial charge in [-0.3, -0.25) is 0 Å². The van der Waals surface area contributed by atoms with Crippen molar-refractivity contribution in [2.24, 2.45) is 5.92 Å². The van der Waals surface area contributed by atoms with Gasteiger partial charge >= 0.3 is 6.09 Å². The number of nitrogens with one attached hydrogen (secondary N) is 1. The lowest BCUT2D eigenvalue weighted by atomic mass is 10.1. The molecule has 0 aliphatic heterocycles. The zero-order chi connectivity index (χ0) is 8.69. The first kappa shape index (κ1) is 10.2. The summed E-state index contributed by atoms with van der Waals surface area (Å²) in [5, 5.41) is 11.0. The molecule has 11 heavy (non-hydrogen) atoms. The van der Waals surface area contributed by atoms with E-state index in [2.05, 4.69) is 5.32 Å². The molecule has 4 nitrogen and oxygen atoms in total. The smallest absolute Gasteiger partial charge is 0.406 e. The average Bonchev–Trinajstić information content (AvgIpc) is 2.06. The van der Waals surface area contributed by atoms with Gasteiger partial charge in [-0.05, 0) is 6.42 Å². The van der Waals surface area contributed by atoms with Crippen LogP contribution in [0.15, 0.2) is 0 Å². The van der Waals surface area contributed by atoms with Crippen molar-refractivity contribution in [3.63, 3.8) is 0 Å². The third-order valence-electron chi connectivity index (χ3n) is 1.49. The first-order chi connectivity index (χ1) is 5.24. The largest absolute Gasteiger partial charge is 0.449 e. The van der Waals surface area contributed by atoms with Crippen LogP contribution in [0.4, 0.5) is 4.79 Å². The van der Waals surface area contributed by atoms with Gasteiger partial charge in [-0.2, -0.15) is 0 Å². The minimum absolute atomic E-state index is 0.0623. The summed E-state index contributed by atoms with van der Waals surface area (Å²) in [5.74, 6) is 0.0623. The molecular formula is C7H15NO3. The fourth-order valence-electron chi connectivity index (χ4n) is 0.565. The summed E-state index contributed by atoms with van der Waals surface area (Å²) in [6.45, 7) is 2.29. The highest BCUT2D eigenvalue weighted by Crippen LogP contribution is 2.00. The third-order valence-corrected chi connectivity index (χ3v) is 1.49. The SMILES string of the molecule is CCC(CO)COC(=O)NC. The van der Waals surface area contributed by atoms with Crippen LogP contribution in [0.3, 0.4) is 0 Å². The van der Waals surface area contributed by atoms with E-state index in [1.54, 1.807) is 0 Å². The van der Waals surface area contributed by atoms with Crippen LogP contribution in [0.2, 0.25) is 0 Å². The Morgan fingerprint density at radius 2 is 2.36 bits per heavy atom. The lowest BCUT2D eigenvalue weighted by Gasteiger charge is -2.10. The fraction of sp³-hybridized carbons (Fsp3) is 0.857. The van der Waals surface area contributed by atoms with Crippen molar-refractivity contribution in [2.75, 3.05) is 20.3 Å². The number of alkyl carbamates (subject to hydrolysis) is 1. The molecule has 0 aliphatic carbocycles. The number of carbonyl (C=O) groups excluding carboxylic acids is 1. The molecule has 0 aromatic rings. The predicted octanol–water partition coefficient (Wildman–Crippen LogP) is 0.361. The van der Waals surface area contributed by atoms with Crippen LogP contribution in [-0.2, 0) is 4.74 Å². The number of carbonyl (C=O) groups is 1. The van der Waals surface area contributed by atoms with Crippen LogP contribution < -0.4 is 5.32 Å². The Bertz CT molecular complexity index is 112. The van der Waals surface area contributed by atoms with Gasteiger partial charge in [0.15, 0.2) is 0 Å². The van der Waals surface area contributed by atoms with Crippen LogP contribution in [0, 0.1) is 5.92 Å². The Morgan fingerprint density at radius 1 is 1.73 bits per heavy atom. The van der Waals surface area contributed by atoms with Crippen LogP contribution in [0.25, 0.3) is 0 Å². The highest BCUT2D eigenvalue weighted by Gasteiger charge is 2.06. The van der Waals surface area contributed by atoms with Gasteiger partial charge in [0.05, 0.1) is 6.61 Å². The Labute approximate surface area is 66.5 Å². The quantitative estimate of drug-likeness (QED) is 0.626. The van der Waals surface area contributed by atoms with E-state index in [9.17, 15) is 4.79 Å². The minimum Gasteiger partial charge on any atom is -0.449 e. The van der Waals surface area contributed by atoms with Gasteiger partial charge in [-0.25, -0.2) is 4.79 Å². The van der Waals surface area contributed by atoms with Crippen molar-refractivity contribution in [3.05, 3.63) is 0 Å². The summed E-state index contributed by atoms with van der Waals surface area (Å²) < 4.78 is 4.73. The van der Waals surface area contributed by atoms with E-state index >= 15 is 0 Å². The molecule has 0 bridgehead atoms. The molecule has 0 rings (SSSR count). The number of hydrogen-bond donors (Lipinski definition) is 2. The fourth-order valence-corrected chi connectivity index (χ4v) is 0.565. The highest BCUT2D eigenvalue weighted by molar-refractivity contribution is 5.66. The Kier molecular flexibility index (Phi) is 5.56. The van der Waals surface area contributed by atoms with Gasteiger partial charge in [0, 0.05) is 19.6 Å². The maximum Gasteiger partial charge on any atom is 0.406 e. The van der Waals surface area contributed by atoms with Gasteiger partial charge in [0.2, 0.25) is 0 Å². The van der Waals surface area contributed by atoms with Crippen molar-refractivity contribution in [3.8, 4) is 0 Å². The van der Waals surface area contributed by atoms with Crippen LogP contribution in [0.5, 0.6) is 0 Å². The molecule has 1 unspecified atom stereocenters. The number of rotatable bonds is 4. The van der Waals surface area contributed by atoms with Crippen molar-refractivity contribution in [2.45, 2.75) is 13.3 Å². The lowest BCUT2D eigenvalue weighted by Crippen LogP contribution is -2.23. The molecule has 1 amide bonds. The van der Waals surface area contributed by atoms with E-state index in [1.165, 1.54) is 7.05 Å². The molecule has 0 saturated carbocycles. The highest BCUT2D eigenvalue weighted by atomic mass is 16.5. The topological polar surface area (TPSA) is 58.6 Å². The number of hydrogen-bond acceptors (Lipinski definition) is 3. The second-order valence-corrected chi connectivity index (χ2v) is 2.31. The molecule has 0 radical (unpaired) electrons. The lowest BCUT2D eigenvalue weighted by molar-refractivity contribution is 0.104. The summed E-state index contributed by atoms with van der Waals surface area (Å²) >= 11 is 0. The number of ether oxygens (including phenoxy) is 1. The van der Waals surface area contributed by atoms with Crippen molar-refractivity contribution >= 4 is 6.09 Å². The molecule has 2 N–H and O–H groups in total. The van der Waals surface area contributed by atoms with Crippen molar-refractivity contribution in [1.29, 1.82) is 0 Å². The van der Waals surface area contributed by atoms with E-state index in [4.69, 9.17) is 9.84 Å². The first-order valence-electron chi connectivity index (χ1n) is 3.70. The monoisotopic (exact) mass is 161 g/mol. The Hall–Kier alpha value is -0.770. The maximum absolute atomic E-state index is 10.5. The van der Waals surface area contributed by atoms with Crippen LogP contribution >= 0.6 is 0 Å². The molecule has 0 aromatic carbocycles. The number of amides is 1. The molecule has 0 aromatic heterocycles. The first-order valence-corrected chi connectivity index (χ1v) is 3.70. The summed E-state index contributed by atoms with van der Waals surface area (Å²) in [6.07, 6.45) is 0.366. The minimum atomic E-state index is -0.447. The zero-order valence-corrected chi connectivity index (χ0v) is 6.96. The Morgan fingerprint density at radius 3 is 2.73 bits per heavy atom. The van der Waals surface area contributed by atoms with Gasteiger partial charge in [-0.1, -0.05) is 6.92 Å². The third kappa shape index (κ3) is 4.61. The zero-order valence-electron chi connectivity index (χ0n) is 6.96. The van der Waals surface area contributed by atoms with Crippen LogP contribution in [-0.4, -0.2) is 31.5 Å². The molecule has 0 heterocycles. The Balaban J connectivity index is 3.42. The molecular weight excluding hydrogens is 146 g/mol. The number of aliphatic hydroxyl groups is 1. The summed E-state index contributed by atoms with van der Waals surface area (Å²) in [5.41, 5.74) is 0. The molecule has 1 atom stereocenters. The van der Waals surface area contributed by atoms with Crippen molar-refractivity contribution < 1.29 is 14.6 Å². The maximum atomic E-state index is 10.5. The molecule has 66 valence electrons. The van der Waals surface area contributed by atoms with E-state index < -0.39 is 6.09 Å². The molecule has 4 heteroatoms. The van der Waals surface area contributed by atoms with E-state index in [0.29, 0.717) is 0 Å². The van der Waals surface area contributed by atoms with Gasteiger partial charge in [0.25, 0.3) is 0 Å². The summed E-state index contributed by atoms with van der Waals surface area (Å²) in [4.78, 5) is 10.5. The second kappa shape index (κ2) is 5.97. The van der Waals surface area contributed by atoms with E-state index in [1.807, 2.05) is 6.92 Å². The summed E-state index contributed by atoms with van der Waals surface area (Å²) in [6, 6.07) is 0. The van der Waals surface area contributed by atoms with Gasteiger partial charge in [-0.15, -0.1) is 0 Å².